The Morgan fingerprint density at radius 2 is 1.50 bits per heavy atom. The van der Waals surface area contributed by atoms with Crippen LogP contribution in [0.2, 0.25) is 0 Å². The van der Waals surface area contributed by atoms with E-state index in [0.717, 1.165) is 22.3 Å². The van der Waals surface area contributed by atoms with E-state index in [2.05, 4.69) is 19.2 Å². The van der Waals surface area contributed by atoms with Gasteiger partial charge in [0.15, 0.2) is 11.5 Å². The SMILES string of the molecule is COc1ccc(CCC(=O)N(Cc2ccc(C)cc2)[C@H](Cc2ccccc2)C(=O)NCC(C)C)cc1OC. The monoisotopic (exact) mass is 516 g/mol. The Morgan fingerprint density at radius 1 is 0.842 bits per heavy atom. The van der Waals surface area contributed by atoms with Gasteiger partial charge in [0.25, 0.3) is 0 Å². The van der Waals surface area contributed by atoms with Gasteiger partial charge in [-0.05, 0) is 48.1 Å². The molecule has 0 bridgehead atoms. The molecule has 6 heteroatoms. The summed E-state index contributed by atoms with van der Waals surface area (Å²) in [6, 6.07) is 23.0. The van der Waals surface area contributed by atoms with E-state index in [4.69, 9.17) is 9.47 Å². The van der Waals surface area contributed by atoms with Crippen molar-refractivity contribution in [3.63, 3.8) is 0 Å². The fraction of sp³-hybridized carbons (Fsp3) is 0.375. The van der Waals surface area contributed by atoms with Crippen molar-refractivity contribution in [3.05, 3.63) is 95.1 Å². The number of aryl methyl sites for hydroxylation is 2. The van der Waals surface area contributed by atoms with Crippen molar-refractivity contribution in [3.8, 4) is 11.5 Å². The van der Waals surface area contributed by atoms with Crippen molar-refractivity contribution in [1.29, 1.82) is 0 Å². The lowest BCUT2D eigenvalue weighted by atomic mass is 10.0. The number of benzene rings is 3. The van der Waals surface area contributed by atoms with Gasteiger partial charge in [0.05, 0.1) is 14.2 Å². The molecule has 0 fully saturated rings. The third-order valence-corrected chi connectivity index (χ3v) is 6.50. The molecule has 0 heterocycles. The van der Waals surface area contributed by atoms with E-state index < -0.39 is 6.04 Å². The molecule has 3 aromatic rings. The van der Waals surface area contributed by atoms with Crippen LogP contribution in [0.1, 0.15) is 42.5 Å². The van der Waals surface area contributed by atoms with Gasteiger partial charge in [0.1, 0.15) is 6.04 Å². The fourth-order valence-corrected chi connectivity index (χ4v) is 4.30. The molecular weight excluding hydrogens is 476 g/mol. The van der Waals surface area contributed by atoms with Crippen LogP contribution < -0.4 is 14.8 Å². The lowest BCUT2D eigenvalue weighted by Gasteiger charge is -2.32. The second-order valence-electron chi connectivity index (χ2n) is 10.0. The summed E-state index contributed by atoms with van der Waals surface area (Å²) in [5.74, 6) is 1.38. The summed E-state index contributed by atoms with van der Waals surface area (Å²) in [6.07, 6.45) is 1.23. The van der Waals surface area contributed by atoms with Crippen LogP contribution in [0.4, 0.5) is 0 Å². The topological polar surface area (TPSA) is 67.9 Å². The van der Waals surface area contributed by atoms with Crippen LogP contribution in [-0.2, 0) is 29.0 Å². The molecule has 1 atom stereocenters. The first-order valence-electron chi connectivity index (χ1n) is 13.2. The summed E-state index contributed by atoms with van der Waals surface area (Å²) in [6.45, 7) is 7.07. The second-order valence-corrected chi connectivity index (χ2v) is 10.0. The Bertz CT molecular complexity index is 1180. The minimum absolute atomic E-state index is 0.0685. The van der Waals surface area contributed by atoms with Crippen LogP contribution in [0.5, 0.6) is 11.5 Å². The van der Waals surface area contributed by atoms with E-state index in [1.54, 1.807) is 19.1 Å². The number of nitrogens with zero attached hydrogens (tertiary/aromatic N) is 1. The summed E-state index contributed by atoms with van der Waals surface area (Å²) in [5.41, 5.74) is 4.12. The summed E-state index contributed by atoms with van der Waals surface area (Å²) in [7, 11) is 3.20. The van der Waals surface area contributed by atoms with Crippen molar-refractivity contribution in [1.82, 2.24) is 10.2 Å². The lowest BCUT2D eigenvalue weighted by Crippen LogP contribution is -2.51. The normalized spacial score (nSPS) is 11.6. The standard InChI is InChI=1S/C32H40N2O4/c1-23(2)21-33-32(36)28(19-25-9-7-6-8-10-25)34(22-27-13-11-24(3)12-14-27)31(35)18-16-26-15-17-29(37-4)30(20-26)38-5/h6-15,17,20,23,28H,16,18-19,21-22H2,1-5H3,(H,33,36)/t28-/m1/s1. The summed E-state index contributed by atoms with van der Waals surface area (Å²) in [4.78, 5) is 29.1. The van der Waals surface area contributed by atoms with Crippen LogP contribution >= 0.6 is 0 Å². The number of carbonyl (C=O) groups excluding carboxylic acids is 2. The molecule has 2 amide bonds. The predicted octanol–water partition coefficient (Wildman–Crippen LogP) is 5.36. The van der Waals surface area contributed by atoms with E-state index in [9.17, 15) is 9.59 Å². The predicted molar refractivity (Wildman–Crippen MR) is 151 cm³/mol. The first kappa shape index (κ1) is 28.8. The third-order valence-electron chi connectivity index (χ3n) is 6.50. The molecule has 1 N–H and O–H groups in total. The molecule has 0 spiro atoms. The van der Waals surface area contributed by atoms with E-state index in [0.29, 0.717) is 43.3 Å². The molecule has 0 unspecified atom stereocenters. The maximum absolute atomic E-state index is 13.8. The Balaban J connectivity index is 1.89. The minimum atomic E-state index is -0.629. The lowest BCUT2D eigenvalue weighted by molar-refractivity contribution is -0.141. The van der Waals surface area contributed by atoms with E-state index in [1.807, 2.05) is 79.7 Å². The molecule has 3 rings (SSSR count). The Kier molecular flexibility index (Phi) is 10.8. The highest BCUT2D eigenvalue weighted by molar-refractivity contribution is 5.88. The number of carbonyl (C=O) groups is 2. The van der Waals surface area contributed by atoms with Crippen LogP contribution in [0.25, 0.3) is 0 Å². The van der Waals surface area contributed by atoms with E-state index in [-0.39, 0.29) is 18.2 Å². The number of hydrogen-bond donors (Lipinski definition) is 1. The van der Waals surface area contributed by atoms with Crippen LogP contribution in [0.15, 0.2) is 72.8 Å². The van der Waals surface area contributed by atoms with Crippen molar-refractivity contribution >= 4 is 11.8 Å². The van der Waals surface area contributed by atoms with Gasteiger partial charge in [-0.15, -0.1) is 0 Å². The molecule has 0 saturated heterocycles. The molecule has 0 aromatic heterocycles. The molecule has 0 aliphatic heterocycles. The Hall–Kier alpha value is -3.80. The summed E-state index contributed by atoms with van der Waals surface area (Å²) in [5, 5.41) is 3.07. The molecule has 38 heavy (non-hydrogen) atoms. The molecular formula is C32H40N2O4. The average Bonchev–Trinajstić information content (AvgIpc) is 2.93. The third kappa shape index (κ3) is 8.37. The molecule has 6 nitrogen and oxygen atoms in total. The maximum atomic E-state index is 13.8. The van der Waals surface area contributed by atoms with Gasteiger partial charge in [-0.2, -0.15) is 0 Å². The van der Waals surface area contributed by atoms with E-state index >= 15 is 0 Å². The van der Waals surface area contributed by atoms with Gasteiger partial charge in [-0.25, -0.2) is 0 Å². The highest BCUT2D eigenvalue weighted by Crippen LogP contribution is 2.28. The molecule has 3 aromatic carbocycles. The zero-order valence-corrected chi connectivity index (χ0v) is 23.2. The minimum Gasteiger partial charge on any atom is -0.493 e. The molecule has 202 valence electrons. The van der Waals surface area contributed by atoms with Crippen LogP contribution in [0.3, 0.4) is 0 Å². The van der Waals surface area contributed by atoms with Crippen molar-refractivity contribution in [2.75, 3.05) is 20.8 Å². The van der Waals surface area contributed by atoms with Gasteiger partial charge in [0, 0.05) is 25.9 Å². The van der Waals surface area contributed by atoms with Crippen molar-refractivity contribution < 1.29 is 19.1 Å². The number of amides is 2. The highest BCUT2D eigenvalue weighted by Gasteiger charge is 2.30. The van der Waals surface area contributed by atoms with Crippen molar-refractivity contribution in [2.24, 2.45) is 5.92 Å². The highest BCUT2D eigenvalue weighted by atomic mass is 16.5. The largest absolute Gasteiger partial charge is 0.493 e. The molecule has 0 radical (unpaired) electrons. The van der Waals surface area contributed by atoms with Gasteiger partial charge < -0.3 is 19.7 Å². The number of ether oxygens (including phenoxy) is 2. The number of hydrogen-bond acceptors (Lipinski definition) is 4. The van der Waals surface area contributed by atoms with Gasteiger partial charge >= 0.3 is 0 Å². The molecule has 0 saturated carbocycles. The maximum Gasteiger partial charge on any atom is 0.243 e. The first-order valence-corrected chi connectivity index (χ1v) is 13.2. The zero-order chi connectivity index (χ0) is 27.5. The van der Waals surface area contributed by atoms with Gasteiger partial charge in [0.2, 0.25) is 11.8 Å². The average molecular weight is 517 g/mol. The van der Waals surface area contributed by atoms with Gasteiger partial charge in [-0.1, -0.05) is 80.1 Å². The smallest absolute Gasteiger partial charge is 0.243 e. The first-order chi connectivity index (χ1) is 18.3. The Labute approximate surface area is 227 Å². The van der Waals surface area contributed by atoms with Gasteiger partial charge in [-0.3, -0.25) is 9.59 Å². The molecule has 0 aliphatic rings. The van der Waals surface area contributed by atoms with Crippen molar-refractivity contribution in [2.45, 2.75) is 52.6 Å². The quantitative estimate of drug-likeness (QED) is 0.332. The zero-order valence-electron chi connectivity index (χ0n) is 23.2. The van der Waals surface area contributed by atoms with E-state index in [1.165, 1.54) is 0 Å². The number of rotatable bonds is 13. The number of nitrogens with one attached hydrogen (secondary N) is 1. The van der Waals surface area contributed by atoms with Crippen LogP contribution in [0, 0.1) is 12.8 Å². The molecule has 0 aliphatic carbocycles. The van der Waals surface area contributed by atoms with Crippen LogP contribution in [-0.4, -0.2) is 43.5 Å². The Morgan fingerprint density at radius 3 is 2.13 bits per heavy atom. The summed E-state index contributed by atoms with van der Waals surface area (Å²) >= 11 is 0. The number of methoxy groups -OCH3 is 2. The fourth-order valence-electron chi connectivity index (χ4n) is 4.30. The summed E-state index contributed by atoms with van der Waals surface area (Å²) < 4.78 is 10.8. The second kappa shape index (κ2) is 14.2.